The fourth-order valence-electron chi connectivity index (χ4n) is 2.44. The van der Waals surface area contributed by atoms with Crippen LogP contribution in [-0.4, -0.2) is 4.98 Å². The van der Waals surface area contributed by atoms with Gasteiger partial charge in [-0.1, -0.05) is 33.6 Å². The van der Waals surface area contributed by atoms with Crippen LogP contribution in [0.1, 0.15) is 57.7 Å². The molecule has 0 aliphatic rings. The molecule has 0 radical (unpaired) electrons. The molecule has 1 rings (SSSR count). The lowest BCUT2D eigenvalue weighted by atomic mass is 9.75. The van der Waals surface area contributed by atoms with Crippen LogP contribution >= 0.6 is 0 Å². The largest absolute Gasteiger partial charge is 0.262 e. The lowest BCUT2D eigenvalue weighted by molar-refractivity contribution is 0.391. The van der Waals surface area contributed by atoms with Gasteiger partial charge in [-0.25, -0.2) is 0 Å². The first-order valence-electron chi connectivity index (χ1n) is 6.05. The van der Waals surface area contributed by atoms with Gasteiger partial charge in [-0.3, -0.25) is 4.98 Å². The second-order valence-corrected chi connectivity index (χ2v) is 4.75. The highest BCUT2D eigenvalue weighted by molar-refractivity contribution is 5.24. The molecule has 0 unspecified atom stereocenters. The van der Waals surface area contributed by atoms with Crippen LogP contribution in [0.5, 0.6) is 0 Å². The first kappa shape index (κ1) is 12.2. The Balaban J connectivity index is 2.97. The van der Waals surface area contributed by atoms with E-state index in [4.69, 9.17) is 0 Å². The van der Waals surface area contributed by atoms with E-state index in [0.717, 1.165) is 5.69 Å². The molecule has 0 saturated carbocycles. The number of hydrogen-bond acceptors (Lipinski definition) is 1. The molecule has 0 spiro atoms. The highest BCUT2D eigenvalue weighted by Gasteiger charge is 2.24. The number of pyridine rings is 1. The highest BCUT2D eigenvalue weighted by atomic mass is 14.6. The average molecular weight is 205 g/mol. The number of aromatic nitrogens is 1. The van der Waals surface area contributed by atoms with E-state index in [0.29, 0.717) is 5.41 Å². The Hall–Kier alpha value is -0.850. The standard InChI is InChI=1S/C14H23N/c1-5-8-14(4,9-6-2)13-7-10-15-12(3)11-13/h7,10-11H,5-6,8-9H2,1-4H3. The second kappa shape index (κ2) is 5.29. The van der Waals surface area contributed by atoms with Crippen LogP contribution in [0.2, 0.25) is 0 Å². The molecule has 0 aliphatic heterocycles. The Labute approximate surface area is 93.9 Å². The molecule has 1 aromatic heterocycles. The summed E-state index contributed by atoms with van der Waals surface area (Å²) < 4.78 is 0. The van der Waals surface area contributed by atoms with Gasteiger partial charge in [0, 0.05) is 11.9 Å². The molecule has 0 fully saturated rings. The number of nitrogens with zero attached hydrogens (tertiary/aromatic N) is 1. The van der Waals surface area contributed by atoms with E-state index in [9.17, 15) is 0 Å². The molecule has 0 aliphatic carbocycles. The van der Waals surface area contributed by atoms with Crippen LogP contribution in [0.4, 0.5) is 0 Å². The molecule has 1 nitrogen and oxygen atoms in total. The minimum atomic E-state index is 0.344. The predicted octanol–water partition coefficient (Wildman–Crippen LogP) is 4.25. The van der Waals surface area contributed by atoms with E-state index in [1.54, 1.807) is 0 Å². The van der Waals surface area contributed by atoms with E-state index >= 15 is 0 Å². The molecule has 0 bridgehead atoms. The van der Waals surface area contributed by atoms with Gasteiger partial charge in [0.15, 0.2) is 0 Å². The maximum atomic E-state index is 4.27. The molecule has 0 atom stereocenters. The molecular weight excluding hydrogens is 182 g/mol. The van der Waals surface area contributed by atoms with Gasteiger partial charge >= 0.3 is 0 Å². The van der Waals surface area contributed by atoms with Crippen LogP contribution in [0.15, 0.2) is 18.3 Å². The average Bonchev–Trinajstić information content (AvgIpc) is 2.18. The van der Waals surface area contributed by atoms with E-state index < -0.39 is 0 Å². The third-order valence-corrected chi connectivity index (χ3v) is 3.20. The maximum absolute atomic E-state index is 4.27. The van der Waals surface area contributed by atoms with Gasteiger partial charge in [0.2, 0.25) is 0 Å². The van der Waals surface area contributed by atoms with Gasteiger partial charge in [0.05, 0.1) is 0 Å². The van der Waals surface area contributed by atoms with Crippen LogP contribution in [0.25, 0.3) is 0 Å². The minimum absolute atomic E-state index is 0.344. The summed E-state index contributed by atoms with van der Waals surface area (Å²) in [4.78, 5) is 4.27. The van der Waals surface area contributed by atoms with Crippen molar-refractivity contribution in [3.63, 3.8) is 0 Å². The Morgan fingerprint density at radius 2 is 1.80 bits per heavy atom. The number of rotatable bonds is 5. The lowest BCUT2D eigenvalue weighted by Crippen LogP contribution is -2.21. The first-order chi connectivity index (χ1) is 7.12. The molecule has 84 valence electrons. The first-order valence-corrected chi connectivity index (χ1v) is 6.05. The summed E-state index contributed by atoms with van der Waals surface area (Å²) in [7, 11) is 0. The van der Waals surface area contributed by atoms with Crippen molar-refractivity contribution < 1.29 is 0 Å². The summed E-state index contributed by atoms with van der Waals surface area (Å²) in [6.45, 7) is 8.99. The fourth-order valence-corrected chi connectivity index (χ4v) is 2.44. The van der Waals surface area contributed by atoms with Crippen molar-refractivity contribution in [3.8, 4) is 0 Å². The third kappa shape index (κ3) is 3.05. The Morgan fingerprint density at radius 3 is 2.27 bits per heavy atom. The van der Waals surface area contributed by atoms with Gasteiger partial charge in [0.1, 0.15) is 0 Å². The zero-order valence-corrected chi connectivity index (χ0v) is 10.5. The van der Waals surface area contributed by atoms with Gasteiger partial charge in [-0.15, -0.1) is 0 Å². The van der Waals surface area contributed by atoms with Crippen molar-refractivity contribution >= 4 is 0 Å². The Kier molecular flexibility index (Phi) is 4.31. The molecule has 1 heterocycles. The summed E-state index contributed by atoms with van der Waals surface area (Å²) in [5.41, 5.74) is 2.93. The molecule has 0 saturated heterocycles. The minimum Gasteiger partial charge on any atom is -0.262 e. The number of hydrogen-bond donors (Lipinski definition) is 0. The quantitative estimate of drug-likeness (QED) is 0.700. The second-order valence-electron chi connectivity index (χ2n) is 4.75. The van der Waals surface area contributed by atoms with E-state index in [1.165, 1.54) is 31.2 Å². The highest BCUT2D eigenvalue weighted by Crippen LogP contribution is 2.33. The summed E-state index contributed by atoms with van der Waals surface area (Å²) in [6.07, 6.45) is 6.97. The maximum Gasteiger partial charge on any atom is 0.0375 e. The van der Waals surface area contributed by atoms with Crippen molar-refractivity contribution in [1.29, 1.82) is 0 Å². The van der Waals surface area contributed by atoms with Crippen molar-refractivity contribution in [2.24, 2.45) is 0 Å². The number of aryl methyl sites for hydroxylation is 1. The summed E-state index contributed by atoms with van der Waals surface area (Å²) in [5, 5.41) is 0. The van der Waals surface area contributed by atoms with Gasteiger partial charge < -0.3 is 0 Å². The van der Waals surface area contributed by atoms with Gasteiger partial charge in [-0.05, 0) is 42.9 Å². The topological polar surface area (TPSA) is 12.9 Å². The van der Waals surface area contributed by atoms with Crippen LogP contribution in [-0.2, 0) is 5.41 Å². The van der Waals surface area contributed by atoms with E-state index in [-0.39, 0.29) is 0 Å². The molecule has 0 amide bonds. The fraction of sp³-hybridized carbons (Fsp3) is 0.643. The van der Waals surface area contributed by atoms with Crippen molar-refractivity contribution in [1.82, 2.24) is 4.98 Å². The predicted molar refractivity (Wildman–Crippen MR) is 66.1 cm³/mol. The molecule has 1 heteroatoms. The Bertz CT molecular complexity index is 298. The zero-order valence-electron chi connectivity index (χ0n) is 10.5. The lowest BCUT2D eigenvalue weighted by Gasteiger charge is -2.29. The summed E-state index contributed by atoms with van der Waals surface area (Å²) in [6, 6.07) is 4.42. The molecule has 15 heavy (non-hydrogen) atoms. The SMILES string of the molecule is CCCC(C)(CCC)c1ccnc(C)c1. The van der Waals surface area contributed by atoms with E-state index in [2.05, 4.69) is 44.8 Å². The molecular formula is C14H23N. The van der Waals surface area contributed by atoms with E-state index in [1.807, 2.05) is 6.20 Å². The molecule has 1 aromatic rings. The van der Waals surface area contributed by atoms with Crippen LogP contribution < -0.4 is 0 Å². The van der Waals surface area contributed by atoms with Crippen molar-refractivity contribution in [3.05, 3.63) is 29.6 Å². The Morgan fingerprint density at radius 1 is 1.20 bits per heavy atom. The monoisotopic (exact) mass is 205 g/mol. The van der Waals surface area contributed by atoms with Crippen LogP contribution in [0, 0.1) is 6.92 Å². The van der Waals surface area contributed by atoms with Crippen LogP contribution in [0.3, 0.4) is 0 Å². The molecule has 0 N–H and O–H groups in total. The normalized spacial score (nSPS) is 11.7. The van der Waals surface area contributed by atoms with Gasteiger partial charge in [-0.2, -0.15) is 0 Å². The summed E-state index contributed by atoms with van der Waals surface area (Å²) in [5.74, 6) is 0. The third-order valence-electron chi connectivity index (χ3n) is 3.20. The van der Waals surface area contributed by atoms with Crippen molar-refractivity contribution in [2.45, 2.75) is 58.8 Å². The summed E-state index contributed by atoms with van der Waals surface area (Å²) >= 11 is 0. The molecule has 0 aromatic carbocycles. The van der Waals surface area contributed by atoms with Gasteiger partial charge in [0.25, 0.3) is 0 Å². The smallest absolute Gasteiger partial charge is 0.0375 e. The zero-order chi connectivity index (χ0) is 11.3. The van der Waals surface area contributed by atoms with Crippen molar-refractivity contribution in [2.75, 3.05) is 0 Å².